The lowest BCUT2D eigenvalue weighted by Gasteiger charge is -2.30. The average molecular weight is 466 g/mol. The number of carbonyl (C=O) groups excluding carboxylic acids is 1. The van der Waals surface area contributed by atoms with Crippen LogP contribution in [-0.4, -0.2) is 53.0 Å². The Bertz CT molecular complexity index is 1100. The highest BCUT2D eigenvalue weighted by atomic mass is 19.1. The highest BCUT2D eigenvalue weighted by Crippen LogP contribution is 2.44. The summed E-state index contributed by atoms with van der Waals surface area (Å²) in [5, 5.41) is 9.96. The van der Waals surface area contributed by atoms with Crippen LogP contribution in [0.2, 0.25) is 0 Å². The first-order valence-corrected chi connectivity index (χ1v) is 12.0. The molecule has 34 heavy (non-hydrogen) atoms. The number of carbonyl (C=O) groups is 1. The number of halogens is 1. The summed E-state index contributed by atoms with van der Waals surface area (Å²) in [5.74, 6) is -0.692. The number of likely N-dealkylation sites (tertiary alicyclic amines) is 1. The van der Waals surface area contributed by atoms with Crippen LogP contribution in [-0.2, 0) is 4.79 Å². The van der Waals surface area contributed by atoms with Gasteiger partial charge < -0.3 is 26.6 Å². The number of rotatable bonds is 7. The fraction of sp³-hybridized carbons (Fsp3) is 0.480. The Morgan fingerprint density at radius 2 is 1.94 bits per heavy atom. The van der Waals surface area contributed by atoms with E-state index in [2.05, 4.69) is 56.9 Å². The minimum atomic E-state index is -0.561. The molecule has 1 aromatic heterocycles. The van der Waals surface area contributed by atoms with Crippen LogP contribution in [0.15, 0.2) is 36.5 Å². The van der Waals surface area contributed by atoms with Crippen molar-refractivity contribution < 1.29 is 9.18 Å². The molecule has 180 valence electrons. The summed E-state index contributed by atoms with van der Waals surface area (Å²) in [6, 6.07) is 6.26. The van der Waals surface area contributed by atoms with Gasteiger partial charge in [-0.15, -0.1) is 0 Å². The Hall–Kier alpha value is -3.20. The third-order valence-corrected chi connectivity index (χ3v) is 7.40. The number of nitrogens with one attached hydrogen (secondary N) is 3. The Balaban J connectivity index is 1.27. The van der Waals surface area contributed by atoms with E-state index in [4.69, 9.17) is 5.73 Å². The van der Waals surface area contributed by atoms with Gasteiger partial charge in [-0.3, -0.25) is 4.79 Å². The van der Waals surface area contributed by atoms with Crippen LogP contribution in [0.5, 0.6) is 0 Å². The van der Waals surface area contributed by atoms with Crippen molar-refractivity contribution >= 4 is 29.0 Å². The van der Waals surface area contributed by atoms with Crippen LogP contribution in [0.4, 0.5) is 27.5 Å². The van der Waals surface area contributed by atoms with Crippen LogP contribution in [0.25, 0.3) is 0 Å². The Morgan fingerprint density at radius 3 is 2.68 bits per heavy atom. The van der Waals surface area contributed by atoms with E-state index in [1.807, 2.05) is 18.2 Å². The molecule has 3 aliphatic rings. The Morgan fingerprint density at radius 1 is 1.18 bits per heavy atom. The number of nitrogens with two attached hydrogens (primary N) is 1. The molecule has 1 saturated carbocycles. The summed E-state index contributed by atoms with van der Waals surface area (Å²) in [6.45, 7) is 4.27. The van der Waals surface area contributed by atoms with Crippen molar-refractivity contribution in [1.82, 2.24) is 14.9 Å². The summed E-state index contributed by atoms with van der Waals surface area (Å²) >= 11 is 0. The van der Waals surface area contributed by atoms with E-state index in [0.717, 1.165) is 55.5 Å². The van der Waals surface area contributed by atoms with Gasteiger partial charge in [0.2, 0.25) is 11.9 Å². The number of hydrogen-bond donors (Lipinski definition) is 4. The maximum Gasteiger partial charge on any atom is 0.229 e. The summed E-state index contributed by atoms with van der Waals surface area (Å²) in [6.07, 6.45) is 8.36. The predicted octanol–water partition coefficient (Wildman–Crippen LogP) is 3.26. The molecule has 1 aromatic carbocycles. The van der Waals surface area contributed by atoms with E-state index in [9.17, 15) is 9.18 Å². The maximum atomic E-state index is 14.5. The van der Waals surface area contributed by atoms with E-state index in [0.29, 0.717) is 6.04 Å². The number of fused-ring (bicyclic) bond motifs is 2. The molecule has 8 nitrogen and oxygen atoms in total. The van der Waals surface area contributed by atoms with Crippen molar-refractivity contribution in [1.29, 1.82) is 0 Å². The summed E-state index contributed by atoms with van der Waals surface area (Å²) in [4.78, 5) is 22.8. The van der Waals surface area contributed by atoms with Gasteiger partial charge >= 0.3 is 0 Å². The van der Waals surface area contributed by atoms with Crippen molar-refractivity contribution in [3.63, 3.8) is 0 Å². The topological polar surface area (TPSA) is 108 Å². The fourth-order valence-electron chi connectivity index (χ4n) is 5.50. The number of anilines is 4. The predicted molar refractivity (Wildman–Crippen MR) is 131 cm³/mol. The second-order valence-electron chi connectivity index (χ2n) is 9.81. The van der Waals surface area contributed by atoms with Crippen molar-refractivity contribution in [2.24, 2.45) is 23.5 Å². The molecule has 2 heterocycles. The van der Waals surface area contributed by atoms with E-state index < -0.39 is 5.82 Å². The van der Waals surface area contributed by atoms with Crippen molar-refractivity contribution in [2.45, 2.75) is 38.3 Å². The number of benzene rings is 1. The van der Waals surface area contributed by atoms with Crippen LogP contribution in [0, 0.1) is 30.5 Å². The smallest absolute Gasteiger partial charge is 0.229 e. The molecule has 2 aliphatic carbocycles. The number of amides is 1. The van der Waals surface area contributed by atoms with Gasteiger partial charge in [0.25, 0.3) is 0 Å². The van der Waals surface area contributed by atoms with Gasteiger partial charge in [0.15, 0.2) is 11.6 Å². The number of hydrogen-bond acceptors (Lipinski definition) is 7. The largest absolute Gasteiger partial charge is 0.382 e. The molecule has 5 rings (SSSR count). The maximum absolute atomic E-state index is 14.5. The van der Waals surface area contributed by atoms with E-state index in [-0.39, 0.29) is 41.5 Å². The zero-order valence-electron chi connectivity index (χ0n) is 19.6. The van der Waals surface area contributed by atoms with Crippen LogP contribution >= 0.6 is 0 Å². The molecule has 1 aliphatic heterocycles. The molecule has 1 amide bonds. The van der Waals surface area contributed by atoms with Gasteiger partial charge in [0.1, 0.15) is 0 Å². The number of aromatic nitrogens is 2. The first kappa shape index (κ1) is 22.6. The molecule has 2 bridgehead atoms. The number of aryl methyl sites for hydroxylation is 1. The third kappa shape index (κ3) is 4.57. The van der Waals surface area contributed by atoms with Crippen molar-refractivity contribution in [2.75, 3.05) is 36.1 Å². The molecule has 0 radical (unpaired) electrons. The molecular formula is C25H32FN7O. The summed E-state index contributed by atoms with van der Waals surface area (Å²) < 4.78 is 14.5. The van der Waals surface area contributed by atoms with Gasteiger partial charge in [-0.2, -0.15) is 4.98 Å². The van der Waals surface area contributed by atoms with Crippen molar-refractivity contribution in [3.05, 3.63) is 47.9 Å². The average Bonchev–Trinajstić information content (AvgIpc) is 3.41. The first-order valence-electron chi connectivity index (χ1n) is 12.0. The van der Waals surface area contributed by atoms with Gasteiger partial charge in [-0.1, -0.05) is 12.2 Å². The third-order valence-electron chi connectivity index (χ3n) is 7.40. The minimum absolute atomic E-state index is 0.0759. The lowest BCUT2D eigenvalue weighted by atomic mass is 9.88. The lowest BCUT2D eigenvalue weighted by molar-refractivity contribution is -0.122. The van der Waals surface area contributed by atoms with E-state index in [1.54, 1.807) is 0 Å². The number of piperidine rings is 1. The van der Waals surface area contributed by atoms with Gasteiger partial charge in [-0.25, -0.2) is 9.37 Å². The molecule has 2 fully saturated rings. The highest BCUT2D eigenvalue weighted by molar-refractivity contribution is 5.79. The number of nitrogens with zero attached hydrogens (tertiary/aromatic N) is 3. The van der Waals surface area contributed by atoms with Crippen LogP contribution in [0.1, 0.15) is 24.8 Å². The van der Waals surface area contributed by atoms with Crippen LogP contribution in [0.3, 0.4) is 0 Å². The number of allylic oxidation sites excluding steroid dienone is 1. The fourth-order valence-corrected chi connectivity index (χ4v) is 5.50. The molecule has 9 heteroatoms. The zero-order chi connectivity index (χ0) is 23.8. The van der Waals surface area contributed by atoms with Gasteiger partial charge in [-0.05, 0) is 81.9 Å². The summed E-state index contributed by atoms with van der Waals surface area (Å²) in [7, 11) is 2.16. The standard InChI is InChI=1S/C25H32FN7O/c1-14-11-18(5-6-20(14)29-17-7-9-33(2)10-8-17)30-25-28-13-19(26)24(32-25)31-22-16-4-3-15(12-16)21(22)23(27)34/h3-6,11,13,15-17,21-22,29H,7-10,12H2,1-2H3,(H2,27,34)(H2,28,30,31,32)/t15?,16-,21-,22+/m0/s1. The van der Waals surface area contributed by atoms with E-state index in [1.165, 1.54) is 0 Å². The second kappa shape index (κ2) is 9.21. The second-order valence-corrected chi connectivity index (χ2v) is 9.81. The van der Waals surface area contributed by atoms with Crippen molar-refractivity contribution in [3.8, 4) is 0 Å². The normalized spacial score (nSPS) is 26.6. The lowest BCUT2D eigenvalue weighted by Crippen LogP contribution is -2.41. The SMILES string of the molecule is Cc1cc(Nc2ncc(F)c(N[C@@H]3[C@H]4C=CC(C4)[C@@H]3C(N)=O)n2)ccc1NC1CCN(C)CC1. The quantitative estimate of drug-likeness (QED) is 0.465. The van der Waals surface area contributed by atoms with Crippen LogP contribution < -0.4 is 21.7 Å². The molecule has 4 atom stereocenters. The molecule has 2 aromatic rings. The molecular weight excluding hydrogens is 433 g/mol. The van der Waals surface area contributed by atoms with Gasteiger partial charge in [0.05, 0.1) is 12.1 Å². The molecule has 1 unspecified atom stereocenters. The molecule has 0 spiro atoms. The zero-order valence-corrected chi connectivity index (χ0v) is 19.6. The monoisotopic (exact) mass is 465 g/mol. The van der Waals surface area contributed by atoms with Gasteiger partial charge in [0, 0.05) is 23.5 Å². The van der Waals surface area contributed by atoms with E-state index >= 15 is 0 Å². The Labute approximate surface area is 199 Å². The molecule has 5 N–H and O–H groups in total. The molecule has 1 saturated heterocycles. The highest BCUT2D eigenvalue weighted by Gasteiger charge is 2.47. The first-order chi connectivity index (χ1) is 16.4. The Kier molecular flexibility index (Phi) is 6.12. The minimum Gasteiger partial charge on any atom is -0.382 e. The number of primary amides is 1. The summed E-state index contributed by atoms with van der Waals surface area (Å²) in [5.41, 5.74) is 8.68.